The molecule has 2 aromatic carbocycles. The van der Waals surface area contributed by atoms with Crippen LogP contribution >= 0.6 is 0 Å². The number of carbonyl (C=O) groups is 1. The van der Waals surface area contributed by atoms with Gasteiger partial charge in [0.25, 0.3) is 0 Å². The Hall–Kier alpha value is -2.35. The highest BCUT2D eigenvalue weighted by Gasteiger charge is 2.35. The first-order valence-electron chi connectivity index (χ1n) is 8.97. The van der Waals surface area contributed by atoms with Gasteiger partial charge in [-0.2, -0.15) is 0 Å². The van der Waals surface area contributed by atoms with E-state index in [2.05, 4.69) is 61.5 Å². The van der Waals surface area contributed by atoms with Crippen LogP contribution in [0.5, 0.6) is 0 Å². The van der Waals surface area contributed by atoms with E-state index in [1.165, 1.54) is 22.3 Å². The molecule has 2 heteroatoms. The van der Waals surface area contributed by atoms with Crippen molar-refractivity contribution in [3.05, 3.63) is 71.3 Å². The van der Waals surface area contributed by atoms with Gasteiger partial charge in [0.2, 0.25) is 5.91 Å². The average Bonchev–Trinajstić information content (AvgIpc) is 3.02. The van der Waals surface area contributed by atoms with Gasteiger partial charge in [-0.05, 0) is 60.1 Å². The quantitative estimate of drug-likeness (QED) is 0.798. The molecule has 1 heterocycles. The summed E-state index contributed by atoms with van der Waals surface area (Å²) in [5, 5.41) is 0. The van der Waals surface area contributed by atoms with Crippen LogP contribution in [0.15, 0.2) is 54.6 Å². The topological polar surface area (TPSA) is 20.3 Å². The summed E-state index contributed by atoms with van der Waals surface area (Å²) in [7, 11) is 0. The van der Waals surface area contributed by atoms with Crippen molar-refractivity contribution in [3.8, 4) is 0 Å². The molecule has 1 aliphatic carbocycles. The van der Waals surface area contributed by atoms with Gasteiger partial charge in [0.05, 0.1) is 6.04 Å². The molecular formula is C22H23NO. The molecule has 0 saturated carbocycles. The smallest absolute Gasteiger partial charge is 0.227 e. The van der Waals surface area contributed by atoms with Crippen molar-refractivity contribution in [1.82, 2.24) is 0 Å². The van der Waals surface area contributed by atoms with Gasteiger partial charge in [0.15, 0.2) is 0 Å². The summed E-state index contributed by atoms with van der Waals surface area (Å²) in [6, 6.07) is 17.3. The van der Waals surface area contributed by atoms with E-state index in [0.717, 1.165) is 31.4 Å². The van der Waals surface area contributed by atoms with Crippen LogP contribution in [0.2, 0.25) is 0 Å². The second kappa shape index (κ2) is 6.27. The zero-order valence-electron chi connectivity index (χ0n) is 14.2. The van der Waals surface area contributed by atoms with Crippen LogP contribution in [0.1, 0.15) is 42.9 Å². The maximum atomic E-state index is 12.6. The summed E-state index contributed by atoms with van der Waals surface area (Å²) in [4.78, 5) is 14.6. The van der Waals surface area contributed by atoms with Gasteiger partial charge in [-0.25, -0.2) is 0 Å². The number of hydrogen-bond donors (Lipinski definition) is 0. The van der Waals surface area contributed by atoms with E-state index < -0.39 is 0 Å². The first-order chi connectivity index (χ1) is 11.8. The Labute approximate surface area is 143 Å². The molecule has 0 aromatic heterocycles. The summed E-state index contributed by atoms with van der Waals surface area (Å²) in [6.45, 7) is 2.16. The third-order valence-corrected chi connectivity index (χ3v) is 5.30. The highest BCUT2D eigenvalue weighted by Crippen LogP contribution is 2.38. The number of nitrogens with zero attached hydrogens (tertiary/aromatic N) is 1. The highest BCUT2D eigenvalue weighted by molar-refractivity contribution is 6.00. The van der Waals surface area contributed by atoms with E-state index in [-0.39, 0.29) is 11.9 Å². The fraction of sp³-hybridized carbons (Fsp3) is 0.318. The standard InChI is InChI=1S/C22H23NO/c1-2-16-10-12-18(13-11-16)23-21(14-15-22(23)24)20-9-5-7-17-6-3-4-8-19(17)20/h3-4,6,8-13,21H,2,5,7,14-15H2,1H3. The zero-order chi connectivity index (χ0) is 16.5. The number of hydrogen-bond acceptors (Lipinski definition) is 1. The lowest BCUT2D eigenvalue weighted by molar-refractivity contribution is -0.117. The number of aryl methyl sites for hydroxylation is 2. The predicted octanol–water partition coefficient (Wildman–Crippen LogP) is 4.77. The normalized spacial score (nSPS) is 20.0. The van der Waals surface area contributed by atoms with Gasteiger partial charge in [-0.1, -0.05) is 49.4 Å². The minimum absolute atomic E-state index is 0.173. The molecule has 2 aromatic rings. The summed E-state index contributed by atoms with van der Waals surface area (Å²) in [5.41, 5.74) is 6.42. The molecule has 1 amide bonds. The molecule has 1 atom stereocenters. The highest BCUT2D eigenvalue weighted by atomic mass is 16.2. The Morgan fingerprint density at radius 3 is 2.62 bits per heavy atom. The molecule has 0 N–H and O–H groups in total. The number of allylic oxidation sites excluding steroid dienone is 1. The molecule has 1 unspecified atom stereocenters. The predicted molar refractivity (Wildman–Crippen MR) is 99.1 cm³/mol. The van der Waals surface area contributed by atoms with Crippen LogP contribution in [0.25, 0.3) is 5.57 Å². The molecule has 4 rings (SSSR count). The van der Waals surface area contributed by atoms with Gasteiger partial charge >= 0.3 is 0 Å². The van der Waals surface area contributed by atoms with Crippen molar-refractivity contribution in [2.24, 2.45) is 0 Å². The van der Waals surface area contributed by atoms with Crippen LogP contribution in [-0.4, -0.2) is 11.9 Å². The molecule has 1 aliphatic heterocycles. The SMILES string of the molecule is CCc1ccc(N2C(=O)CCC2C2=CCCc3ccccc32)cc1. The van der Waals surface area contributed by atoms with Crippen LogP contribution < -0.4 is 4.90 Å². The van der Waals surface area contributed by atoms with Crippen molar-refractivity contribution < 1.29 is 4.79 Å². The number of benzene rings is 2. The van der Waals surface area contributed by atoms with Crippen molar-refractivity contribution in [2.75, 3.05) is 4.90 Å². The second-order valence-electron chi connectivity index (χ2n) is 6.69. The lowest BCUT2D eigenvalue weighted by atomic mass is 9.86. The maximum Gasteiger partial charge on any atom is 0.227 e. The Morgan fingerprint density at radius 1 is 1.04 bits per heavy atom. The average molecular weight is 317 g/mol. The van der Waals surface area contributed by atoms with E-state index in [0.29, 0.717) is 6.42 Å². The second-order valence-corrected chi connectivity index (χ2v) is 6.69. The Bertz CT molecular complexity index is 788. The molecular weight excluding hydrogens is 294 g/mol. The number of carbonyl (C=O) groups excluding carboxylic acids is 1. The lowest BCUT2D eigenvalue weighted by Gasteiger charge is -2.30. The largest absolute Gasteiger partial charge is 0.305 e. The van der Waals surface area contributed by atoms with E-state index in [4.69, 9.17) is 0 Å². The van der Waals surface area contributed by atoms with Gasteiger partial charge in [-0.3, -0.25) is 4.79 Å². The first kappa shape index (κ1) is 15.2. The van der Waals surface area contributed by atoms with E-state index in [1.807, 2.05) is 4.90 Å². The summed E-state index contributed by atoms with van der Waals surface area (Å²) < 4.78 is 0. The molecule has 0 bridgehead atoms. The molecule has 2 nitrogen and oxygen atoms in total. The molecule has 0 radical (unpaired) electrons. The molecule has 122 valence electrons. The maximum absolute atomic E-state index is 12.6. The molecule has 1 saturated heterocycles. The zero-order valence-corrected chi connectivity index (χ0v) is 14.2. The molecule has 0 spiro atoms. The summed E-state index contributed by atoms with van der Waals surface area (Å²) in [5.74, 6) is 0.244. The molecule has 24 heavy (non-hydrogen) atoms. The number of amides is 1. The van der Waals surface area contributed by atoms with E-state index >= 15 is 0 Å². The van der Waals surface area contributed by atoms with Crippen molar-refractivity contribution in [1.29, 1.82) is 0 Å². The van der Waals surface area contributed by atoms with Crippen molar-refractivity contribution >= 4 is 17.2 Å². The van der Waals surface area contributed by atoms with E-state index in [9.17, 15) is 4.79 Å². The fourth-order valence-corrected chi connectivity index (χ4v) is 4.02. The number of anilines is 1. The van der Waals surface area contributed by atoms with Crippen molar-refractivity contribution in [3.63, 3.8) is 0 Å². The Morgan fingerprint density at radius 2 is 1.83 bits per heavy atom. The van der Waals surface area contributed by atoms with Crippen LogP contribution in [0, 0.1) is 0 Å². The van der Waals surface area contributed by atoms with Gasteiger partial charge in [0, 0.05) is 12.1 Å². The molecule has 1 fully saturated rings. The minimum atomic E-state index is 0.173. The Balaban J connectivity index is 1.71. The van der Waals surface area contributed by atoms with Crippen LogP contribution in [-0.2, 0) is 17.6 Å². The number of rotatable bonds is 3. The number of fused-ring (bicyclic) bond motifs is 1. The van der Waals surface area contributed by atoms with Crippen LogP contribution in [0.3, 0.4) is 0 Å². The van der Waals surface area contributed by atoms with Gasteiger partial charge < -0.3 is 4.90 Å². The monoisotopic (exact) mass is 317 g/mol. The van der Waals surface area contributed by atoms with Gasteiger partial charge in [0.1, 0.15) is 0 Å². The minimum Gasteiger partial charge on any atom is -0.305 e. The van der Waals surface area contributed by atoms with E-state index in [1.54, 1.807) is 0 Å². The third kappa shape index (κ3) is 2.56. The Kier molecular flexibility index (Phi) is 3.97. The lowest BCUT2D eigenvalue weighted by Crippen LogP contribution is -2.34. The van der Waals surface area contributed by atoms with Crippen molar-refractivity contribution in [2.45, 2.75) is 45.1 Å². The molecule has 2 aliphatic rings. The van der Waals surface area contributed by atoms with Crippen LogP contribution in [0.4, 0.5) is 5.69 Å². The van der Waals surface area contributed by atoms with Gasteiger partial charge in [-0.15, -0.1) is 0 Å². The summed E-state index contributed by atoms with van der Waals surface area (Å²) in [6.07, 6.45) is 7.09. The summed E-state index contributed by atoms with van der Waals surface area (Å²) >= 11 is 0. The third-order valence-electron chi connectivity index (χ3n) is 5.30. The first-order valence-corrected chi connectivity index (χ1v) is 8.97. The fourth-order valence-electron chi connectivity index (χ4n) is 4.02.